The minimum absolute atomic E-state index is 0.0791. The van der Waals surface area contributed by atoms with E-state index in [9.17, 15) is 23.2 Å². The van der Waals surface area contributed by atoms with Gasteiger partial charge in [0.05, 0.1) is 11.1 Å². The Kier molecular flexibility index (Phi) is 6.90. The molecule has 8 rings (SSSR count). The monoisotopic (exact) mass is 646 g/mol. The van der Waals surface area contributed by atoms with Gasteiger partial charge >= 0.3 is 0 Å². The van der Waals surface area contributed by atoms with Crippen molar-refractivity contribution in [3.63, 3.8) is 0 Å². The first-order valence-corrected chi connectivity index (χ1v) is 16.3. The molecule has 2 aliphatic heterocycles. The predicted octanol–water partition coefficient (Wildman–Crippen LogP) is 7.91. The molecule has 5 fully saturated rings. The molecule has 5 nitrogen and oxygen atoms in total. The van der Waals surface area contributed by atoms with E-state index in [1.807, 2.05) is 0 Å². The summed E-state index contributed by atoms with van der Waals surface area (Å²) in [6.07, 6.45) is 3.53. The average molecular weight is 648 g/mol. The first kappa shape index (κ1) is 30.2. The van der Waals surface area contributed by atoms with Crippen LogP contribution in [0.25, 0.3) is 0 Å². The first-order valence-electron chi connectivity index (χ1n) is 15.5. The highest BCUT2D eigenvalue weighted by molar-refractivity contribution is 6.31. The van der Waals surface area contributed by atoms with Gasteiger partial charge in [-0.3, -0.25) is 19.7 Å². The summed E-state index contributed by atoms with van der Waals surface area (Å²) in [7, 11) is 0. The van der Waals surface area contributed by atoms with Crippen LogP contribution in [-0.4, -0.2) is 35.0 Å². The SMILES string of the molecule is CC(=O)C12CCC(CC(=O)[C@@H]3NC4(CCC(F)(F)CC4)[C@@]4(C(=O)Nc5cc(Cl)ccc54)[C@H]3c3cccc(Cl)c3F)(CC1)CC2. The number of benzene rings is 2. The van der Waals surface area contributed by atoms with Gasteiger partial charge in [-0.15, -0.1) is 0 Å². The van der Waals surface area contributed by atoms with Crippen LogP contribution in [0.3, 0.4) is 0 Å². The number of hydrogen-bond donors (Lipinski definition) is 2. The number of carbonyl (C=O) groups excluding carboxylic acids is 3. The Labute approximate surface area is 264 Å². The highest BCUT2D eigenvalue weighted by Crippen LogP contribution is 2.65. The molecule has 4 saturated carbocycles. The van der Waals surface area contributed by atoms with Crippen molar-refractivity contribution in [1.82, 2.24) is 5.32 Å². The van der Waals surface area contributed by atoms with E-state index in [-0.39, 0.29) is 52.2 Å². The number of Topliss-reactive ketones (excluding diaryl/α,β-unsaturated/α-hetero) is 2. The first-order chi connectivity index (χ1) is 20.8. The van der Waals surface area contributed by atoms with Crippen LogP contribution >= 0.6 is 23.2 Å². The lowest BCUT2D eigenvalue weighted by Gasteiger charge is -2.52. The molecular weight excluding hydrogens is 612 g/mol. The van der Waals surface area contributed by atoms with E-state index < -0.39 is 53.4 Å². The number of amides is 1. The van der Waals surface area contributed by atoms with Crippen LogP contribution < -0.4 is 10.6 Å². The number of halogens is 5. The molecule has 1 amide bonds. The molecule has 2 aromatic rings. The van der Waals surface area contributed by atoms with Gasteiger partial charge in [-0.25, -0.2) is 13.2 Å². The molecule has 44 heavy (non-hydrogen) atoms. The topological polar surface area (TPSA) is 75.3 Å². The standard InChI is InChI=1S/C34H35Cl2F3N2O3/c1-19(42)31-10-7-30(8-11-31,9-12-31)18-25(43)28-26(21-3-2-4-23(36)27(21)37)34(32(41-28)13-15-33(38,39)16-14-32)22-6-5-20(35)17-24(22)40-29(34)44/h2-6,17,26,28,41H,7-16,18H2,1H3,(H,40,44)/t26-,28-,30?,31?,34+/m0/s1. The number of carbonyl (C=O) groups is 3. The Balaban J connectivity index is 1.38. The summed E-state index contributed by atoms with van der Waals surface area (Å²) >= 11 is 12.6. The van der Waals surface area contributed by atoms with Gasteiger partial charge in [0, 0.05) is 46.8 Å². The Bertz CT molecular complexity index is 1560. The summed E-state index contributed by atoms with van der Waals surface area (Å²) in [6, 6.07) is 8.48. The van der Waals surface area contributed by atoms with Crippen molar-refractivity contribution >= 4 is 46.4 Å². The Morgan fingerprint density at radius 1 is 0.932 bits per heavy atom. The van der Waals surface area contributed by atoms with E-state index >= 15 is 4.39 Å². The fourth-order valence-corrected chi connectivity index (χ4v) is 10.0. The van der Waals surface area contributed by atoms with E-state index in [0.717, 1.165) is 38.5 Å². The van der Waals surface area contributed by atoms with Crippen LogP contribution in [0.5, 0.6) is 0 Å². The Hall–Kier alpha value is -2.42. The fraction of sp³-hybridized carbons (Fsp3) is 0.559. The van der Waals surface area contributed by atoms with Gasteiger partial charge in [0.15, 0.2) is 5.78 Å². The van der Waals surface area contributed by atoms with Crippen molar-refractivity contribution in [2.75, 3.05) is 5.32 Å². The second kappa shape index (κ2) is 10.0. The lowest BCUT2D eigenvalue weighted by Crippen LogP contribution is -2.61. The molecule has 0 radical (unpaired) electrons. The molecule has 2 spiro atoms. The largest absolute Gasteiger partial charge is 0.325 e. The zero-order chi connectivity index (χ0) is 31.3. The van der Waals surface area contributed by atoms with Crippen molar-refractivity contribution < 1.29 is 27.6 Å². The molecule has 0 aromatic heterocycles. The quantitative estimate of drug-likeness (QED) is 0.346. The number of nitrogens with one attached hydrogen (secondary N) is 2. The lowest BCUT2D eigenvalue weighted by atomic mass is 9.51. The van der Waals surface area contributed by atoms with Gasteiger partial charge in [0.25, 0.3) is 0 Å². The number of anilines is 1. The van der Waals surface area contributed by atoms with Crippen LogP contribution in [0.4, 0.5) is 18.9 Å². The summed E-state index contributed by atoms with van der Waals surface area (Å²) in [4.78, 5) is 41.6. The van der Waals surface area contributed by atoms with Crippen molar-refractivity contribution in [3.05, 3.63) is 63.4 Å². The van der Waals surface area contributed by atoms with Crippen molar-refractivity contribution in [3.8, 4) is 0 Å². The number of rotatable bonds is 5. The number of fused-ring (bicyclic) bond motifs is 6. The Morgan fingerprint density at radius 3 is 2.23 bits per heavy atom. The normalized spacial score (nSPS) is 34.7. The van der Waals surface area contributed by atoms with Gasteiger partial charge in [-0.05, 0) is 93.0 Å². The third kappa shape index (κ3) is 4.19. The molecule has 2 aromatic carbocycles. The molecule has 10 heteroatoms. The summed E-state index contributed by atoms with van der Waals surface area (Å²) in [5, 5.41) is 6.65. The molecule has 2 bridgehead atoms. The van der Waals surface area contributed by atoms with Crippen LogP contribution in [-0.2, 0) is 19.8 Å². The molecule has 6 aliphatic rings. The zero-order valence-electron chi connectivity index (χ0n) is 24.5. The van der Waals surface area contributed by atoms with Crippen molar-refractivity contribution in [1.29, 1.82) is 0 Å². The smallest absolute Gasteiger partial charge is 0.248 e. The zero-order valence-corrected chi connectivity index (χ0v) is 26.0. The minimum Gasteiger partial charge on any atom is -0.325 e. The van der Waals surface area contributed by atoms with E-state index in [1.165, 1.54) is 6.07 Å². The third-order valence-corrected chi connectivity index (χ3v) is 12.7. The van der Waals surface area contributed by atoms with Crippen LogP contribution in [0.15, 0.2) is 36.4 Å². The lowest BCUT2D eigenvalue weighted by molar-refractivity contribution is -0.138. The molecule has 1 saturated heterocycles. The molecule has 234 valence electrons. The number of hydrogen-bond acceptors (Lipinski definition) is 4. The summed E-state index contributed by atoms with van der Waals surface area (Å²) in [5.74, 6) is -5.14. The fourth-order valence-electron chi connectivity index (χ4n) is 9.69. The second-order valence-electron chi connectivity index (χ2n) is 14.1. The average Bonchev–Trinajstić information content (AvgIpc) is 3.45. The van der Waals surface area contributed by atoms with Crippen LogP contribution in [0, 0.1) is 16.6 Å². The van der Waals surface area contributed by atoms with E-state index in [2.05, 4.69) is 10.6 Å². The summed E-state index contributed by atoms with van der Waals surface area (Å²) in [6.45, 7) is 1.65. The summed E-state index contributed by atoms with van der Waals surface area (Å²) in [5.41, 5.74) is -2.37. The number of alkyl halides is 2. The highest BCUT2D eigenvalue weighted by atomic mass is 35.5. The maximum absolute atomic E-state index is 16.1. The Morgan fingerprint density at radius 2 is 1.59 bits per heavy atom. The molecule has 2 N–H and O–H groups in total. The van der Waals surface area contributed by atoms with Crippen LogP contribution in [0.2, 0.25) is 10.0 Å². The summed E-state index contributed by atoms with van der Waals surface area (Å²) < 4.78 is 45.6. The van der Waals surface area contributed by atoms with Gasteiger partial charge in [0.1, 0.15) is 17.0 Å². The van der Waals surface area contributed by atoms with Crippen molar-refractivity contribution in [2.24, 2.45) is 10.8 Å². The number of ketones is 2. The van der Waals surface area contributed by atoms with Gasteiger partial charge in [-0.1, -0.05) is 41.4 Å². The molecule has 3 atom stereocenters. The van der Waals surface area contributed by atoms with E-state index in [4.69, 9.17) is 23.2 Å². The van der Waals surface area contributed by atoms with Crippen molar-refractivity contribution in [2.45, 2.75) is 106 Å². The molecule has 0 unspecified atom stereocenters. The molecule has 2 heterocycles. The third-order valence-electron chi connectivity index (χ3n) is 12.2. The minimum atomic E-state index is -2.92. The van der Waals surface area contributed by atoms with E-state index in [1.54, 1.807) is 37.3 Å². The molecular formula is C34H35Cl2F3N2O3. The van der Waals surface area contributed by atoms with Gasteiger partial charge in [-0.2, -0.15) is 0 Å². The predicted molar refractivity (Wildman–Crippen MR) is 162 cm³/mol. The molecule has 4 aliphatic carbocycles. The van der Waals surface area contributed by atoms with Crippen LogP contribution in [0.1, 0.15) is 94.6 Å². The maximum atomic E-state index is 16.1. The maximum Gasteiger partial charge on any atom is 0.248 e. The second-order valence-corrected chi connectivity index (χ2v) is 15.0. The van der Waals surface area contributed by atoms with E-state index in [0.29, 0.717) is 16.3 Å². The van der Waals surface area contributed by atoms with Gasteiger partial charge in [0.2, 0.25) is 11.8 Å². The highest BCUT2D eigenvalue weighted by Gasteiger charge is 2.73. The van der Waals surface area contributed by atoms with Gasteiger partial charge < -0.3 is 5.32 Å².